The standard InChI is InChI=1S/C21H27N5O5/c1-12(2)31-21(29)22-17-8-13(3)26(14(4)27)19-7-6-15(9-16(17)19)18-10-25(24-23-18)11-20(28)30-5/h6-7,9-10,12-13,17H,8,11H2,1-5H3,(H,22,29)/t13-,17+/m0/s1. The number of esters is 1. The van der Waals surface area contributed by atoms with Crippen molar-refractivity contribution in [2.45, 2.75) is 58.8 Å². The lowest BCUT2D eigenvalue weighted by molar-refractivity contribution is -0.141. The van der Waals surface area contributed by atoms with E-state index in [4.69, 9.17) is 4.74 Å². The van der Waals surface area contributed by atoms with E-state index in [-0.39, 0.29) is 30.6 Å². The monoisotopic (exact) mass is 429 g/mol. The Morgan fingerprint density at radius 2 is 2.03 bits per heavy atom. The number of alkyl carbamates (subject to hydrolysis) is 1. The average molecular weight is 429 g/mol. The van der Waals surface area contributed by atoms with E-state index >= 15 is 0 Å². The van der Waals surface area contributed by atoms with Gasteiger partial charge in [0.15, 0.2) is 0 Å². The summed E-state index contributed by atoms with van der Waals surface area (Å²) in [5.41, 5.74) is 2.82. The predicted molar refractivity (Wildman–Crippen MR) is 112 cm³/mol. The summed E-state index contributed by atoms with van der Waals surface area (Å²) in [6, 6.07) is 5.12. The van der Waals surface area contributed by atoms with E-state index in [1.54, 1.807) is 24.9 Å². The predicted octanol–water partition coefficient (Wildman–Crippen LogP) is 2.44. The van der Waals surface area contributed by atoms with Crippen LogP contribution >= 0.6 is 0 Å². The molecule has 0 saturated carbocycles. The van der Waals surface area contributed by atoms with Gasteiger partial charge >= 0.3 is 12.1 Å². The third-order valence-electron chi connectivity index (χ3n) is 5.01. The molecule has 1 aliphatic heterocycles. The average Bonchev–Trinajstić information content (AvgIpc) is 3.15. The van der Waals surface area contributed by atoms with Crippen molar-refractivity contribution in [1.82, 2.24) is 20.3 Å². The summed E-state index contributed by atoms with van der Waals surface area (Å²) in [5.74, 6) is -0.505. The second-order valence-corrected chi connectivity index (χ2v) is 7.78. The van der Waals surface area contributed by atoms with Crippen molar-refractivity contribution in [3.63, 3.8) is 0 Å². The van der Waals surface area contributed by atoms with E-state index in [0.29, 0.717) is 12.1 Å². The molecule has 2 heterocycles. The fraction of sp³-hybridized carbons (Fsp3) is 0.476. The minimum atomic E-state index is -0.510. The molecular weight excluding hydrogens is 402 g/mol. The Kier molecular flexibility index (Phi) is 6.57. The van der Waals surface area contributed by atoms with Crippen LogP contribution in [0.1, 0.15) is 45.7 Å². The van der Waals surface area contributed by atoms with Crippen LogP contribution in [0.25, 0.3) is 11.3 Å². The molecular formula is C21H27N5O5. The van der Waals surface area contributed by atoms with E-state index in [0.717, 1.165) is 16.8 Å². The number of nitrogens with zero attached hydrogens (tertiary/aromatic N) is 4. The molecule has 0 fully saturated rings. The number of methoxy groups -OCH3 is 1. The third kappa shape index (κ3) is 5.01. The van der Waals surface area contributed by atoms with Crippen LogP contribution in [0.3, 0.4) is 0 Å². The van der Waals surface area contributed by atoms with Gasteiger partial charge in [-0.1, -0.05) is 11.3 Å². The molecule has 0 unspecified atom stereocenters. The van der Waals surface area contributed by atoms with Gasteiger partial charge in [-0.05, 0) is 44.9 Å². The van der Waals surface area contributed by atoms with Gasteiger partial charge < -0.3 is 19.7 Å². The molecule has 0 spiro atoms. The van der Waals surface area contributed by atoms with Crippen molar-refractivity contribution in [1.29, 1.82) is 0 Å². The fourth-order valence-electron chi connectivity index (χ4n) is 3.74. The highest BCUT2D eigenvalue weighted by molar-refractivity contribution is 5.94. The molecule has 1 N–H and O–H groups in total. The zero-order valence-corrected chi connectivity index (χ0v) is 18.3. The molecule has 166 valence electrons. The van der Waals surface area contributed by atoms with Gasteiger partial charge in [-0.25, -0.2) is 9.48 Å². The van der Waals surface area contributed by atoms with Gasteiger partial charge in [0, 0.05) is 24.2 Å². The van der Waals surface area contributed by atoms with Crippen LogP contribution in [0.4, 0.5) is 10.5 Å². The maximum Gasteiger partial charge on any atom is 0.407 e. The number of anilines is 1. The number of hydrogen-bond donors (Lipinski definition) is 1. The molecule has 0 aliphatic carbocycles. The summed E-state index contributed by atoms with van der Waals surface area (Å²) >= 11 is 0. The van der Waals surface area contributed by atoms with Crippen LogP contribution in [0, 0.1) is 0 Å². The Balaban J connectivity index is 1.96. The molecule has 1 aliphatic rings. The molecule has 2 atom stereocenters. The molecule has 3 rings (SSSR count). The minimum Gasteiger partial charge on any atom is -0.468 e. The van der Waals surface area contributed by atoms with Crippen molar-refractivity contribution < 1.29 is 23.9 Å². The smallest absolute Gasteiger partial charge is 0.407 e. The summed E-state index contributed by atoms with van der Waals surface area (Å²) < 4.78 is 11.3. The molecule has 1 aromatic carbocycles. The van der Waals surface area contributed by atoms with E-state index in [1.807, 2.05) is 25.1 Å². The molecule has 31 heavy (non-hydrogen) atoms. The summed E-state index contributed by atoms with van der Waals surface area (Å²) in [5, 5.41) is 11.0. The minimum absolute atomic E-state index is 0.0463. The third-order valence-corrected chi connectivity index (χ3v) is 5.01. The topological polar surface area (TPSA) is 116 Å². The molecule has 0 saturated heterocycles. The number of carbonyl (C=O) groups is 3. The van der Waals surface area contributed by atoms with Gasteiger partial charge in [0.05, 0.1) is 25.5 Å². The van der Waals surface area contributed by atoms with Gasteiger partial charge in [-0.2, -0.15) is 0 Å². The van der Waals surface area contributed by atoms with Crippen LogP contribution in [0.5, 0.6) is 0 Å². The Hall–Kier alpha value is -3.43. The number of carbonyl (C=O) groups excluding carboxylic acids is 3. The van der Waals surface area contributed by atoms with Crippen LogP contribution in [-0.4, -0.2) is 52.2 Å². The molecule has 1 aromatic heterocycles. The maximum atomic E-state index is 12.3. The summed E-state index contributed by atoms with van der Waals surface area (Å²) in [7, 11) is 1.31. The molecule has 10 heteroatoms. The summed E-state index contributed by atoms with van der Waals surface area (Å²) in [6.45, 7) is 6.98. The SMILES string of the molecule is COC(=O)Cn1cc(-c2ccc3c(c2)[C@H](NC(=O)OC(C)C)C[C@H](C)N3C(C)=O)nn1. The lowest BCUT2D eigenvalue weighted by Crippen LogP contribution is -2.45. The fourth-order valence-corrected chi connectivity index (χ4v) is 3.74. The van der Waals surface area contributed by atoms with Crippen molar-refractivity contribution in [2.75, 3.05) is 12.0 Å². The number of fused-ring (bicyclic) bond motifs is 1. The van der Waals surface area contributed by atoms with Crippen LogP contribution in [0.15, 0.2) is 24.4 Å². The zero-order valence-electron chi connectivity index (χ0n) is 18.3. The summed E-state index contributed by atoms with van der Waals surface area (Å²) in [6.07, 6.45) is 1.43. The van der Waals surface area contributed by atoms with Crippen molar-refractivity contribution >= 4 is 23.7 Å². The second-order valence-electron chi connectivity index (χ2n) is 7.78. The van der Waals surface area contributed by atoms with Crippen LogP contribution in [-0.2, 0) is 25.6 Å². The highest BCUT2D eigenvalue weighted by Crippen LogP contribution is 2.39. The number of hydrogen-bond acceptors (Lipinski definition) is 7. The lowest BCUT2D eigenvalue weighted by atomic mass is 9.90. The van der Waals surface area contributed by atoms with Crippen LogP contribution < -0.4 is 10.2 Å². The van der Waals surface area contributed by atoms with Gasteiger partial charge in [0.2, 0.25) is 5.91 Å². The van der Waals surface area contributed by atoms with Crippen LogP contribution in [0.2, 0.25) is 0 Å². The summed E-state index contributed by atoms with van der Waals surface area (Å²) in [4.78, 5) is 37.7. The lowest BCUT2D eigenvalue weighted by Gasteiger charge is -2.39. The first-order valence-corrected chi connectivity index (χ1v) is 10.1. The van der Waals surface area contributed by atoms with E-state index in [9.17, 15) is 14.4 Å². The molecule has 10 nitrogen and oxygen atoms in total. The Morgan fingerprint density at radius 1 is 1.29 bits per heavy atom. The number of nitrogens with one attached hydrogen (secondary N) is 1. The number of ether oxygens (including phenoxy) is 2. The number of rotatable bonds is 5. The highest BCUT2D eigenvalue weighted by atomic mass is 16.6. The van der Waals surface area contributed by atoms with E-state index in [2.05, 4.69) is 20.4 Å². The first kappa shape index (κ1) is 22.3. The molecule has 2 amide bonds. The van der Waals surface area contributed by atoms with Gasteiger partial charge in [0.25, 0.3) is 0 Å². The quantitative estimate of drug-likeness (QED) is 0.726. The van der Waals surface area contributed by atoms with E-state index in [1.165, 1.54) is 18.7 Å². The normalized spacial score (nSPS) is 17.8. The Bertz CT molecular complexity index is 986. The second kappa shape index (κ2) is 9.15. The maximum absolute atomic E-state index is 12.3. The van der Waals surface area contributed by atoms with Crippen molar-refractivity contribution in [3.8, 4) is 11.3 Å². The Labute approximate surface area is 180 Å². The van der Waals surface area contributed by atoms with Gasteiger partial charge in [0.1, 0.15) is 12.2 Å². The zero-order chi connectivity index (χ0) is 22.7. The number of benzene rings is 1. The first-order chi connectivity index (χ1) is 14.7. The van der Waals surface area contributed by atoms with E-state index < -0.39 is 12.1 Å². The number of aromatic nitrogens is 3. The van der Waals surface area contributed by atoms with Gasteiger partial charge in [-0.15, -0.1) is 5.10 Å². The molecule has 0 bridgehead atoms. The molecule has 0 radical (unpaired) electrons. The largest absolute Gasteiger partial charge is 0.468 e. The van der Waals surface area contributed by atoms with Crippen molar-refractivity contribution in [3.05, 3.63) is 30.0 Å². The van der Waals surface area contributed by atoms with Crippen molar-refractivity contribution in [2.24, 2.45) is 0 Å². The number of amides is 2. The van der Waals surface area contributed by atoms with Gasteiger partial charge in [-0.3, -0.25) is 9.59 Å². The highest BCUT2D eigenvalue weighted by Gasteiger charge is 2.34. The Morgan fingerprint density at radius 3 is 2.68 bits per heavy atom. The molecule has 2 aromatic rings. The first-order valence-electron chi connectivity index (χ1n) is 10.1.